The van der Waals surface area contributed by atoms with Crippen LogP contribution in [-0.2, 0) is 19.1 Å². The van der Waals surface area contributed by atoms with Crippen LogP contribution in [0, 0.1) is 29.6 Å². The fraction of sp³-hybridized carbons (Fsp3) is 0.727. The minimum atomic E-state index is -0.794. The SMILES string of the molecule is CC(C)C[C@H](NC(=O)OCC1CC2C=CC1C2)C(=O)NC(C=O)CC1CCNC1=O. The molecule has 0 aromatic carbocycles. The Labute approximate surface area is 177 Å². The normalized spacial score (nSPS) is 28.8. The molecule has 5 unspecified atom stereocenters. The largest absolute Gasteiger partial charge is 0.449 e. The quantitative estimate of drug-likeness (QED) is 0.367. The maximum atomic E-state index is 12.8. The van der Waals surface area contributed by atoms with E-state index >= 15 is 0 Å². The lowest BCUT2D eigenvalue weighted by Gasteiger charge is -2.23. The second kappa shape index (κ2) is 10.1. The van der Waals surface area contributed by atoms with Crippen molar-refractivity contribution in [3.8, 4) is 0 Å². The van der Waals surface area contributed by atoms with E-state index in [1.165, 1.54) is 0 Å². The molecule has 0 aromatic rings. The fourth-order valence-electron chi connectivity index (χ4n) is 4.76. The standard InChI is InChI=1S/C22H33N3O5/c1-13(2)7-19(21(28)24-18(11-26)10-16-5-6-23-20(16)27)25-22(29)30-12-17-9-14-3-4-15(17)8-14/h3-4,11,13-19H,5-10,12H2,1-2H3,(H,23,27)(H,24,28)(H,25,29)/t14?,15?,16?,17?,18?,19-/m0/s1. The third-order valence-corrected chi connectivity index (χ3v) is 6.35. The first-order chi connectivity index (χ1) is 14.4. The molecular weight excluding hydrogens is 386 g/mol. The molecule has 8 heteroatoms. The number of carbonyl (C=O) groups excluding carboxylic acids is 4. The lowest BCUT2D eigenvalue weighted by atomic mass is 9.95. The van der Waals surface area contributed by atoms with Crippen molar-refractivity contribution < 1.29 is 23.9 Å². The van der Waals surface area contributed by atoms with Crippen LogP contribution in [0.25, 0.3) is 0 Å². The van der Waals surface area contributed by atoms with Crippen molar-refractivity contribution in [3.63, 3.8) is 0 Å². The highest BCUT2D eigenvalue weighted by Gasteiger charge is 2.36. The molecule has 1 saturated carbocycles. The minimum Gasteiger partial charge on any atom is -0.449 e. The van der Waals surface area contributed by atoms with Crippen LogP contribution >= 0.6 is 0 Å². The monoisotopic (exact) mass is 419 g/mol. The summed E-state index contributed by atoms with van der Waals surface area (Å²) in [6.07, 6.45) is 8.00. The van der Waals surface area contributed by atoms with Crippen LogP contribution < -0.4 is 16.0 Å². The molecule has 1 saturated heterocycles. The van der Waals surface area contributed by atoms with Gasteiger partial charge in [0.25, 0.3) is 0 Å². The second-order valence-electron chi connectivity index (χ2n) is 9.23. The Bertz CT molecular complexity index is 692. The molecule has 2 bridgehead atoms. The molecule has 0 spiro atoms. The summed E-state index contributed by atoms with van der Waals surface area (Å²) in [6, 6.07) is -1.56. The van der Waals surface area contributed by atoms with Crippen LogP contribution in [0.1, 0.15) is 46.0 Å². The van der Waals surface area contributed by atoms with Gasteiger partial charge in [0.1, 0.15) is 12.3 Å². The Kier molecular flexibility index (Phi) is 7.50. The molecule has 3 aliphatic rings. The number of fused-ring (bicyclic) bond motifs is 2. The molecule has 6 atom stereocenters. The number of nitrogens with one attached hydrogen (secondary N) is 3. The first-order valence-electron chi connectivity index (χ1n) is 11.0. The first-order valence-corrected chi connectivity index (χ1v) is 11.0. The van der Waals surface area contributed by atoms with Gasteiger partial charge in [0.2, 0.25) is 11.8 Å². The summed E-state index contributed by atoms with van der Waals surface area (Å²) in [5.74, 6) is 0.794. The minimum absolute atomic E-state index is 0.0907. The Morgan fingerprint density at radius 1 is 1.27 bits per heavy atom. The Hall–Kier alpha value is -2.38. The van der Waals surface area contributed by atoms with E-state index in [0.29, 0.717) is 50.0 Å². The summed E-state index contributed by atoms with van der Waals surface area (Å²) in [4.78, 5) is 48.3. The number of hydrogen-bond acceptors (Lipinski definition) is 5. The van der Waals surface area contributed by atoms with Crippen LogP contribution in [-0.4, -0.2) is 49.4 Å². The second-order valence-corrected chi connectivity index (χ2v) is 9.23. The van der Waals surface area contributed by atoms with Gasteiger partial charge in [-0.2, -0.15) is 0 Å². The number of rotatable bonds is 10. The van der Waals surface area contributed by atoms with Crippen molar-refractivity contribution in [2.75, 3.05) is 13.2 Å². The Morgan fingerprint density at radius 2 is 2.07 bits per heavy atom. The van der Waals surface area contributed by atoms with E-state index in [9.17, 15) is 19.2 Å². The van der Waals surface area contributed by atoms with Crippen molar-refractivity contribution in [2.45, 2.75) is 58.0 Å². The zero-order valence-corrected chi connectivity index (χ0v) is 17.8. The molecule has 0 aromatic heterocycles. The van der Waals surface area contributed by atoms with E-state index in [-0.39, 0.29) is 24.2 Å². The lowest BCUT2D eigenvalue weighted by Crippen LogP contribution is -2.51. The first kappa shape index (κ1) is 22.3. The van der Waals surface area contributed by atoms with E-state index in [0.717, 1.165) is 12.8 Å². The molecular formula is C22H33N3O5. The highest BCUT2D eigenvalue weighted by Crippen LogP contribution is 2.43. The van der Waals surface area contributed by atoms with E-state index in [4.69, 9.17) is 4.74 Å². The topological polar surface area (TPSA) is 114 Å². The fourth-order valence-corrected chi connectivity index (χ4v) is 4.76. The van der Waals surface area contributed by atoms with Crippen LogP contribution in [0.2, 0.25) is 0 Å². The van der Waals surface area contributed by atoms with E-state index in [1.54, 1.807) is 0 Å². The molecule has 2 fully saturated rings. The van der Waals surface area contributed by atoms with Crippen LogP contribution in [0.3, 0.4) is 0 Å². The van der Waals surface area contributed by atoms with Gasteiger partial charge in [-0.05, 0) is 49.9 Å². The van der Waals surface area contributed by atoms with Crippen molar-refractivity contribution in [1.29, 1.82) is 0 Å². The van der Waals surface area contributed by atoms with Crippen LogP contribution in [0.4, 0.5) is 4.79 Å². The van der Waals surface area contributed by atoms with Gasteiger partial charge >= 0.3 is 6.09 Å². The van der Waals surface area contributed by atoms with E-state index < -0.39 is 24.1 Å². The highest BCUT2D eigenvalue weighted by molar-refractivity contribution is 5.88. The average Bonchev–Trinajstić information content (AvgIpc) is 3.42. The van der Waals surface area contributed by atoms with Crippen LogP contribution in [0.15, 0.2) is 12.2 Å². The third-order valence-electron chi connectivity index (χ3n) is 6.35. The molecule has 8 nitrogen and oxygen atoms in total. The number of carbonyl (C=O) groups is 4. The molecule has 30 heavy (non-hydrogen) atoms. The number of aldehydes is 1. The third kappa shape index (κ3) is 5.83. The van der Waals surface area contributed by atoms with Gasteiger partial charge in [-0.3, -0.25) is 9.59 Å². The van der Waals surface area contributed by atoms with E-state index in [1.807, 2.05) is 13.8 Å². The molecule has 1 heterocycles. The Balaban J connectivity index is 1.49. The molecule has 3 N–H and O–H groups in total. The molecule has 0 radical (unpaired) electrons. The molecule has 2 aliphatic carbocycles. The summed E-state index contributed by atoms with van der Waals surface area (Å²) >= 11 is 0. The molecule has 166 valence electrons. The number of amides is 3. The summed E-state index contributed by atoms with van der Waals surface area (Å²) in [6.45, 7) is 4.84. The maximum absolute atomic E-state index is 12.8. The highest BCUT2D eigenvalue weighted by atomic mass is 16.5. The number of allylic oxidation sites excluding steroid dienone is 2. The summed E-state index contributed by atoms with van der Waals surface area (Å²) in [5.41, 5.74) is 0. The predicted octanol–water partition coefficient (Wildman–Crippen LogP) is 1.55. The van der Waals surface area contributed by atoms with Crippen molar-refractivity contribution in [1.82, 2.24) is 16.0 Å². The number of ether oxygens (including phenoxy) is 1. The molecule has 3 amide bonds. The molecule has 1 aliphatic heterocycles. The number of alkyl carbamates (subject to hydrolysis) is 1. The maximum Gasteiger partial charge on any atom is 0.407 e. The van der Waals surface area contributed by atoms with Gasteiger partial charge in [0.05, 0.1) is 12.6 Å². The van der Waals surface area contributed by atoms with Gasteiger partial charge < -0.3 is 25.5 Å². The summed E-state index contributed by atoms with van der Waals surface area (Å²) < 4.78 is 5.41. The summed E-state index contributed by atoms with van der Waals surface area (Å²) in [7, 11) is 0. The lowest BCUT2D eigenvalue weighted by molar-refractivity contribution is -0.127. The zero-order chi connectivity index (χ0) is 21.7. The molecule has 3 rings (SSSR count). The van der Waals surface area contributed by atoms with E-state index in [2.05, 4.69) is 28.1 Å². The smallest absolute Gasteiger partial charge is 0.407 e. The van der Waals surface area contributed by atoms with Gasteiger partial charge in [-0.25, -0.2) is 4.79 Å². The number of hydrogen-bond donors (Lipinski definition) is 3. The van der Waals surface area contributed by atoms with Crippen LogP contribution in [0.5, 0.6) is 0 Å². The zero-order valence-electron chi connectivity index (χ0n) is 17.8. The average molecular weight is 420 g/mol. The van der Waals surface area contributed by atoms with Crippen molar-refractivity contribution in [2.24, 2.45) is 29.6 Å². The van der Waals surface area contributed by atoms with Gasteiger partial charge in [-0.15, -0.1) is 0 Å². The summed E-state index contributed by atoms with van der Waals surface area (Å²) in [5, 5.41) is 8.07. The van der Waals surface area contributed by atoms with Gasteiger partial charge in [0.15, 0.2) is 0 Å². The van der Waals surface area contributed by atoms with Gasteiger partial charge in [-0.1, -0.05) is 26.0 Å². The Morgan fingerprint density at radius 3 is 2.63 bits per heavy atom. The van der Waals surface area contributed by atoms with Crippen molar-refractivity contribution >= 4 is 24.2 Å². The predicted molar refractivity (Wildman–Crippen MR) is 110 cm³/mol. The van der Waals surface area contributed by atoms with Crippen molar-refractivity contribution in [3.05, 3.63) is 12.2 Å². The van der Waals surface area contributed by atoms with Gasteiger partial charge in [0, 0.05) is 18.4 Å².